The summed E-state index contributed by atoms with van der Waals surface area (Å²) >= 11 is 5.99. The highest BCUT2D eigenvalue weighted by molar-refractivity contribution is 6.30. The topological polar surface area (TPSA) is 106 Å². The SMILES string of the molecule is CC(=CCc1nc(C(N)=O)co1)Cc1c(CCC(=O)O)cccc1CCc1ccc(Cl)cc1. The van der Waals surface area contributed by atoms with Crippen molar-refractivity contribution < 1.29 is 19.1 Å². The fraction of sp³-hybridized carbons (Fsp3) is 0.269. The highest BCUT2D eigenvalue weighted by Gasteiger charge is 2.12. The van der Waals surface area contributed by atoms with Crippen LogP contribution in [0.15, 0.2) is 64.8 Å². The largest absolute Gasteiger partial charge is 0.481 e. The summed E-state index contributed by atoms with van der Waals surface area (Å²) in [6.45, 7) is 2.02. The Kier molecular flexibility index (Phi) is 8.44. The number of carboxylic acids is 1. The van der Waals surface area contributed by atoms with E-state index in [4.69, 9.17) is 21.8 Å². The van der Waals surface area contributed by atoms with Gasteiger partial charge in [-0.15, -0.1) is 0 Å². The van der Waals surface area contributed by atoms with Crippen molar-refractivity contribution in [2.75, 3.05) is 0 Å². The summed E-state index contributed by atoms with van der Waals surface area (Å²) in [5.41, 5.74) is 11.0. The second kappa shape index (κ2) is 11.5. The number of hydrogen-bond acceptors (Lipinski definition) is 4. The number of nitrogens with zero attached hydrogens (tertiary/aromatic N) is 1. The molecule has 6 nitrogen and oxygen atoms in total. The van der Waals surface area contributed by atoms with Crippen molar-refractivity contribution in [2.45, 2.75) is 45.4 Å². The van der Waals surface area contributed by atoms with Crippen LogP contribution in [0.25, 0.3) is 0 Å². The minimum absolute atomic E-state index is 0.0859. The van der Waals surface area contributed by atoms with Gasteiger partial charge in [-0.25, -0.2) is 4.98 Å². The zero-order valence-corrected chi connectivity index (χ0v) is 19.3. The van der Waals surface area contributed by atoms with Crippen molar-refractivity contribution in [3.8, 4) is 0 Å². The maximum absolute atomic E-state index is 11.2. The molecule has 3 aromatic rings. The molecule has 0 atom stereocenters. The first-order valence-corrected chi connectivity index (χ1v) is 11.2. The quantitative estimate of drug-likeness (QED) is 0.388. The predicted molar refractivity (Wildman–Crippen MR) is 127 cm³/mol. The number of hydrogen-bond donors (Lipinski definition) is 2. The van der Waals surface area contributed by atoms with E-state index in [0.717, 1.165) is 29.5 Å². The summed E-state index contributed by atoms with van der Waals surface area (Å²) in [5, 5.41) is 9.88. The Bertz CT molecular complexity index is 1150. The van der Waals surface area contributed by atoms with Gasteiger partial charge in [-0.1, -0.05) is 53.6 Å². The average molecular weight is 467 g/mol. The number of benzene rings is 2. The van der Waals surface area contributed by atoms with Crippen LogP contribution in [0, 0.1) is 0 Å². The molecule has 1 amide bonds. The maximum Gasteiger partial charge on any atom is 0.303 e. The molecule has 0 radical (unpaired) electrons. The zero-order chi connectivity index (χ0) is 23.8. The number of rotatable bonds is 11. The summed E-state index contributed by atoms with van der Waals surface area (Å²) in [6.07, 6.45) is 6.67. The highest BCUT2D eigenvalue weighted by Crippen LogP contribution is 2.23. The number of carbonyl (C=O) groups excluding carboxylic acids is 1. The lowest BCUT2D eigenvalue weighted by atomic mass is 9.90. The zero-order valence-electron chi connectivity index (χ0n) is 18.5. The third kappa shape index (κ3) is 7.32. The van der Waals surface area contributed by atoms with Crippen LogP contribution in [0.5, 0.6) is 0 Å². The number of halogens is 1. The van der Waals surface area contributed by atoms with Crippen LogP contribution in [0.2, 0.25) is 5.02 Å². The standard InChI is InChI=1S/C26H27ClN2O4/c1-17(5-13-24-29-23(16-33-24)26(28)32)15-22-19(3-2-4-20(22)10-14-25(30)31)9-6-18-7-11-21(27)12-8-18/h2-5,7-8,11-12,16H,6,9-10,13-15H2,1H3,(H2,28,32)(H,30,31). The van der Waals surface area contributed by atoms with Gasteiger partial charge in [-0.05, 0) is 67.0 Å². The lowest BCUT2D eigenvalue weighted by molar-refractivity contribution is -0.136. The number of oxazole rings is 1. The Morgan fingerprint density at radius 1 is 1.09 bits per heavy atom. The first kappa shape index (κ1) is 24.3. The second-order valence-electron chi connectivity index (χ2n) is 8.00. The summed E-state index contributed by atoms with van der Waals surface area (Å²) in [4.78, 5) is 26.4. The Morgan fingerprint density at radius 2 is 1.79 bits per heavy atom. The van der Waals surface area contributed by atoms with E-state index in [9.17, 15) is 14.7 Å². The Hall–Kier alpha value is -3.38. The lowest BCUT2D eigenvalue weighted by Crippen LogP contribution is -2.11. The molecule has 2 aromatic carbocycles. The molecule has 172 valence electrons. The van der Waals surface area contributed by atoms with Gasteiger partial charge in [-0.3, -0.25) is 9.59 Å². The Morgan fingerprint density at radius 3 is 2.42 bits per heavy atom. The van der Waals surface area contributed by atoms with Gasteiger partial charge < -0.3 is 15.3 Å². The van der Waals surface area contributed by atoms with Gasteiger partial charge in [0.1, 0.15) is 6.26 Å². The van der Waals surface area contributed by atoms with Crippen LogP contribution in [-0.4, -0.2) is 22.0 Å². The molecule has 0 aliphatic heterocycles. The summed E-state index contributed by atoms with van der Waals surface area (Å²) in [7, 11) is 0. The summed E-state index contributed by atoms with van der Waals surface area (Å²) in [5.74, 6) is -1.01. The van der Waals surface area contributed by atoms with Crippen LogP contribution in [0.1, 0.15) is 52.0 Å². The van der Waals surface area contributed by atoms with Crippen LogP contribution >= 0.6 is 11.6 Å². The van der Waals surface area contributed by atoms with E-state index in [1.807, 2.05) is 49.4 Å². The lowest BCUT2D eigenvalue weighted by Gasteiger charge is -2.16. The predicted octanol–water partition coefficient (Wildman–Crippen LogP) is 4.96. The van der Waals surface area contributed by atoms with Gasteiger partial charge in [0, 0.05) is 17.9 Å². The number of aryl methyl sites for hydroxylation is 3. The van der Waals surface area contributed by atoms with Gasteiger partial charge in [-0.2, -0.15) is 0 Å². The minimum atomic E-state index is -0.811. The molecule has 0 unspecified atom stereocenters. The van der Waals surface area contributed by atoms with Gasteiger partial charge in [0.15, 0.2) is 11.6 Å². The molecule has 3 rings (SSSR count). The Labute approximate surface area is 198 Å². The summed E-state index contributed by atoms with van der Waals surface area (Å²) < 4.78 is 5.30. The van der Waals surface area contributed by atoms with Crippen LogP contribution in [-0.2, 0) is 36.9 Å². The van der Waals surface area contributed by atoms with Crippen molar-refractivity contribution in [2.24, 2.45) is 5.73 Å². The second-order valence-corrected chi connectivity index (χ2v) is 8.43. The van der Waals surface area contributed by atoms with Gasteiger partial charge in [0.2, 0.25) is 0 Å². The molecule has 0 spiro atoms. The molecule has 0 saturated heterocycles. The third-order valence-corrected chi connectivity index (χ3v) is 5.71. The van der Waals surface area contributed by atoms with E-state index < -0.39 is 11.9 Å². The van der Waals surface area contributed by atoms with Crippen molar-refractivity contribution >= 4 is 23.5 Å². The molecule has 0 aliphatic carbocycles. The Balaban J connectivity index is 1.78. The molecule has 0 bridgehead atoms. The van der Waals surface area contributed by atoms with E-state index in [-0.39, 0.29) is 12.1 Å². The first-order valence-electron chi connectivity index (χ1n) is 10.8. The molecule has 33 heavy (non-hydrogen) atoms. The molecule has 1 aromatic heterocycles. The number of amides is 1. The number of carboxylic acid groups (broad SMARTS) is 1. The van der Waals surface area contributed by atoms with Crippen LogP contribution in [0.4, 0.5) is 0 Å². The summed E-state index contributed by atoms with van der Waals surface area (Å²) in [6, 6.07) is 13.9. The van der Waals surface area contributed by atoms with E-state index in [1.54, 1.807) is 0 Å². The van der Waals surface area contributed by atoms with E-state index in [1.165, 1.54) is 17.4 Å². The van der Waals surface area contributed by atoms with Crippen LogP contribution < -0.4 is 5.73 Å². The smallest absolute Gasteiger partial charge is 0.303 e. The van der Waals surface area contributed by atoms with Gasteiger partial charge in [0.05, 0.1) is 0 Å². The molecule has 0 aliphatic rings. The van der Waals surface area contributed by atoms with E-state index in [0.29, 0.717) is 30.2 Å². The molecular weight excluding hydrogens is 440 g/mol. The van der Waals surface area contributed by atoms with Gasteiger partial charge in [0.25, 0.3) is 5.91 Å². The van der Waals surface area contributed by atoms with E-state index in [2.05, 4.69) is 11.1 Å². The first-order chi connectivity index (χ1) is 15.8. The molecular formula is C26H27ClN2O4. The van der Waals surface area contributed by atoms with Crippen molar-refractivity contribution in [1.29, 1.82) is 0 Å². The molecule has 0 fully saturated rings. The van der Waals surface area contributed by atoms with E-state index >= 15 is 0 Å². The number of aliphatic carboxylic acids is 1. The number of nitrogens with two attached hydrogens (primary N) is 1. The number of allylic oxidation sites excluding steroid dienone is 2. The van der Waals surface area contributed by atoms with Crippen molar-refractivity contribution in [3.63, 3.8) is 0 Å². The van der Waals surface area contributed by atoms with Crippen molar-refractivity contribution in [1.82, 2.24) is 4.98 Å². The highest BCUT2D eigenvalue weighted by atomic mass is 35.5. The normalized spacial score (nSPS) is 11.5. The fourth-order valence-electron chi connectivity index (χ4n) is 3.69. The fourth-order valence-corrected chi connectivity index (χ4v) is 3.81. The molecule has 0 saturated carbocycles. The van der Waals surface area contributed by atoms with Crippen molar-refractivity contribution in [3.05, 3.63) is 99.2 Å². The van der Waals surface area contributed by atoms with Crippen LogP contribution in [0.3, 0.4) is 0 Å². The molecule has 3 N–H and O–H groups in total. The monoisotopic (exact) mass is 466 g/mol. The molecule has 7 heteroatoms. The van der Waals surface area contributed by atoms with Gasteiger partial charge >= 0.3 is 5.97 Å². The number of carbonyl (C=O) groups is 2. The third-order valence-electron chi connectivity index (χ3n) is 5.46. The molecule has 1 heterocycles. The number of aromatic nitrogens is 1. The number of primary amides is 1. The minimum Gasteiger partial charge on any atom is -0.481 e. The average Bonchev–Trinajstić information content (AvgIpc) is 3.26. The maximum atomic E-state index is 11.2.